The third kappa shape index (κ3) is 2.98. The summed E-state index contributed by atoms with van der Waals surface area (Å²) < 4.78 is 4.78. The monoisotopic (exact) mass is 256 g/mol. The fourth-order valence-electron chi connectivity index (χ4n) is 1.12. The lowest BCUT2D eigenvalue weighted by Gasteiger charge is -1.98. The molecule has 0 fully saturated rings. The smallest absolute Gasteiger partial charge is 0.252 e. The van der Waals surface area contributed by atoms with Crippen LogP contribution in [0.4, 0.5) is 0 Å². The molecule has 0 atom stereocenters. The second-order valence-electron chi connectivity index (χ2n) is 3.01. The Morgan fingerprint density at radius 3 is 3.00 bits per heavy atom. The van der Waals surface area contributed by atoms with E-state index in [1.807, 2.05) is 24.3 Å². The Bertz CT molecular complexity index is 475. The first-order chi connectivity index (χ1) is 7.78. The maximum atomic E-state index is 8.75. The van der Waals surface area contributed by atoms with E-state index in [1.165, 1.54) is 0 Å². The van der Waals surface area contributed by atoms with Gasteiger partial charge >= 0.3 is 0 Å². The number of hydrogen-bond acceptors (Lipinski definition) is 5. The minimum absolute atomic E-state index is 0.227. The maximum absolute atomic E-state index is 8.75. The first-order valence-electron chi connectivity index (χ1n) is 4.58. The van der Waals surface area contributed by atoms with Gasteiger partial charge < -0.3 is 9.63 Å². The largest absolute Gasteiger partial charge is 0.387 e. The van der Waals surface area contributed by atoms with Gasteiger partial charge in [0.2, 0.25) is 0 Å². The molecule has 84 valence electrons. The van der Waals surface area contributed by atoms with Crippen molar-refractivity contribution in [2.24, 2.45) is 0 Å². The lowest BCUT2D eigenvalue weighted by atomic mass is 10.4. The zero-order chi connectivity index (χ0) is 11.4. The molecule has 0 amide bonds. The number of aliphatic hydroxyl groups excluding tert-OH is 1. The molecule has 0 aliphatic rings. The predicted molar refractivity (Wildman–Crippen MR) is 61.2 cm³/mol. The molecule has 1 aromatic carbocycles. The van der Waals surface area contributed by atoms with Crippen molar-refractivity contribution in [3.63, 3.8) is 0 Å². The molecular formula is C10H9ClN2O2S. The Morgan fingerprint density at radius 2 is 2.31 bits per heavy atom. The quantitative estimate of drug-likeness (QED) is 0.852. The molecule has 0 aliphatic heterocycles. The van der Waals surface area contributed by atoms with E-state index < -0.39 is 0 Å². The van der Waals surface area contributed by atoms with E-state index in [9.17, 15) is 0 Å². The van der Waals surface area contributed by atoms with Crippen molar-refractivity contribution in [1.82, 2.24) is 10.1 Å². The number of rotatable bonds is 4. The normalized spacial score (nSPS) is 10.6. The van der Waals surface area contributed by atoms with Crippen molar-refractivity contribution in [1.29, 1.82) is 0 Å². The molecule has 1 heterocycles. The summed E-state index contributed by atoms with van der Waals surface area (Å²) in [6.45, 7) is -0.227. The number of thioether (sulfide) groups is 1. The number of benzene rings is 1. The molecule has 1 aromatic heterocycles. The second kappa shape index (κ2) is 5.34. The summed E-state index contributed by atoms with van der Waals surface area (Å²) in [7, 11) is 0. The summed E-state index contributed by atoms with van der Waals surface area (Å²) in [5.74, 6) is 1.39. The highest BCUT2D eigenvalue weighted by atomic mass is 35.5. The molecule has 0 unspecified atom stereocenters. The van der Waals surface area contributed by atoms with Gasteiger partial charge in [0, 0.05) is 9.92 Å². The topological polar surface area (TPSA) is 59.2 Å². The van der Waals surface area contributed by atoms with Gasteiger partial charge in [-0.2, -0.15) is 4.98 Å². The third-order valence-electron chi connectivity index (χ3n) is 1.81. The molecule has 0 aliphatic carbocycles. The van der Waals surface area contributed by atoms with Crippen LogP contribution in [-0.2, 0) is 12.4 Å². The van der Waals surface area contributed by atoms with Crippen molar-refractivity contribution in [3.8, 4) is 0 Å². The van der Waals surface area contributed by atoms with Crippen molar-refractivity contribution in [3.05, 3.63) is 41.0 Å². The molecular weight excluding hydrogens is 248 g/mol. The van der Waals surface area contributed by atoms with Crippen molar-refractivity contribution in [2.75, 3.05) is 0 Å². The van der Waals surface area contributed by atoms with E-state index >= 15 is 0 Å². The number of aliphatic hydroxyl groups is 1. The zero-order valence-corrected chi connectivity index (χ0v) is 9.83. The molecule has 0 bridgehead atoms. The summed E-state index contributed by atoms with van der Waals surface area (Å²) in [5.41, 5.74) is 0. The van der Waals surface area contributed by atoms with Crippen molar-refractivity contribution in [2.45, 2.75) is 17.3 Å². The summed E-state index contributed by atoms with van der Waals surface area (Å²) in [6, 6.07) is 7.55. The molecule has 2 rings (SSSR count). The molecule has 1 N–H and O–H groups in total. The predicted octanol–water partition coefficient (Wildman–Crippen LogP) is 2.51. The van der Waals surface area contributed by atoms with E-state index in [-0.39, 0.29) is 12.5 Å². The molecule has 0 saturated heterocycles. The van der Waals surface area contributed by atoms with Gasteiger partial charge in [-0.05, 0) is 18.2 Å². The van der Waals surface area contributed by atoms with E-state index in [4.69, 9.17) is 21.2 Å². The lowest BCUT2D eigenvalue weighted by Crippen LogP contribution is -1.86. The first kappa shape index (κ1) is 11.4. The van der Waals surface area contributed by atoms with E-state index in [1.54, 1.807) is 11.8 Å². The van der Waals surface area contributed by atoms with Crippen LogP contribution in [0.15, 0.2) is 33.7 Å². The van der Waals surface area contributed by atoms with Crippen LogP contribution in [0, 0.1) is 0 Å². The van der Waals surface area contributed by atoms with Gasteiger partial charge in [0.15, 0.2) is 5.82 Å². The van der Waals surface area contributed by atoms with Gasteiger partial charge in [-0.1, -0.05) is 22.8 Å². The summed E-state index contributed by atoms with van der Waals surface area (Å²) in [5, 5.41) is 13.2. The number of hydrogen-bond donors (Lipinski definition) is 1. The van der Waals surface area contributed by atoms with Gasteiger partial charge in [0.1, 0.15) is 6.61 Å². The van der Waals surface area contributed by atoms with Crippen LogP contribution in [0.2, 0.25) is 5.02 Å². The molecule has 6 heteroatoms. The molecule has 2 aromatic rings. The molecule has 0 spiro atoms. The molecule has 0 radical (unpaired) electrons. The first-order valence-corrected chi connectivity index (χ1v) is 5.95. The second-order valence-corrected chi connectivity index (χ2v) is 4.49. The Balaban J connectivity index is 1.96. The SMILES string of the molecule is OCc1nc(CSc2cccc(Cl)c2)no1. The summed E-state index contributed by atoms with van der Waals surface area (Å²) >= 11 is 7.42. The van der Waals surface area contributed by atoms with Gasteiger partial charge in [0.05, 0.1) is 5.75 Å². The number of halogens is 1. The number of nitrogens with zero attached hydrogens (tertiary/aromatic N) is 2. The van der Waals surface area contributed by atoms with E-state index in [2.05, 4.69) is 10.1 Å². The average Bonchev–Trinajstić information content (AvgIpc) is 2.74. The van der Waals surface area contributed by atoms with Crippen LogP contribution < -0.4 is 0 Å². The van der Waals surface area contributed by atoms with Gasteiger partial charge in [-0.25, -0.2) is 0 Å². The van der Waals surface area contributed by atoms with Crippen LogP contribution in [0.25, 0.3) is 0 Å². The highest BCUT2D eigenvalue weighted by molar-refractivity contribution is 7.98. The molecule has 0 saturated carbocycles. The third-order valence-corrected chi connectivity index (χ3v) is 3.03. The fourth-order valence-corrected chi connectivity index (χ4v) is 2.17. The Labute approximate surface area is 102 Å². The Hall–Kier alpha value is -1.04. The standard InChI is InChI=1S/C10H9ClN2O2S/c11-7-2-1-3-8(4-7)16-6-9-12-10(5-14)15-13-9/h1-4,14H,5-6H2. The lowest BCUT2D eigenvalue weighted by molar-refractivity contribution is 0.222. The van der Waals surface area contributed by atoms with Gasteiger partial charge in [0.25, 0.3) is 5.89 Å². The average molecular weight is 257 g/mol. The fraction of sp³-hybridized carbons (Fsp3) is 0.200. The van der Waals surface area contributed by atoms with Crippen LogP contribution in [0.3, 0.4) is 0 Å². The highest BCUT2D eigenvalue weighted by Gasteiger charge is 2.05. The summed E-state index contributed by atoms with van der Waals surface area (Å²) in [4.78, 5) is 5.03. The van der Waals surface area contributed by atoms with E-state index in [0.29, 0.717) is 16.6 Å². The van der Waals surface area contributed by atoms with E-state index in [0.717, 1.165) is 4.90 Å². The summed E-state index contributed by atoms with van der Waals surface area (Å²) in [6.07, 6.45) is 0. The highest BCUT2D eigenvalue weighted by Crippen LogP contribution is 2.24. The number of aromatic nitrogens is 2. The van der Waals surface area contributed by atoms with Crippen LogP contribution in [-0.4, -0.2) is 15.2 Å². The Morgan fingerprint density at radius 1 is 1.44 bits per heavy atom. The van der Waals surface area contributed by atoms with Crippen LogP contribution in [0.5, 0.6) is 0 Å². The van der Waals surface area contributed by atoms with Gasteiger partial charge in [-0.15, -0.1) is 11.8 Å². The van der Waals surface area contributed by atoms with Crippen LogP contribution >= 0.6 is 23.4 Å². The maximum Gasteiger partial charge on any atom is 0.252 e. The molecule has 4 nitrogen and oxygen atoms in total. The van der Waals surface area contributed by atoms with Crippen LogP contribution in [0.1, 0.15) is 11.7 Å². The minimum atomic E-state index is -0.227. The van der Waals surface area contributed by atoms with Crippen molar-refractivity contribution < 1.29 is 9.63 Å². The zero-order valence-electron chi connectivity index (χ0n) is 8.26. The van der Waals surface area contributed by atoms with Gasteiger partial charge in [-0.3, -0.25) is 0 Å². The minimum Gasteiger partial charge on any atom is -0.387 e. The molecule has 16 heavy (non-hydrogen) atoms. The van der Waals surface area contributed by atoms with Crippen molar-refractivity contribution >= 4 is 23.4 Å². The Kier molecular flexibility index (Phi) is 3.82.